The number of para-hydroxylation sites is 1. The van der Waals surface area contributed by atoms with Crippen molar-refractivity contribution in [1.29, 1.82) is 0 Å². The van der Waals surface area contributed by atoms with Gasteiger partial charge in [-0.3, -0.25) is 0 Å². The second kappa shape index (κ2) is 4.20. The first-order valence-electron chi connectivity index (χ1n) is 6.69. The van der Waals surface area contributed by atoms with E-state index in [0.29, 0.717) is 5.69 Å². The first kappa shape index (κ1) is 11.2. The summed E-state index contributed by atoms with van der Waals surface area (Å²) < 4.78 is 0. The molecule has 20 heavy (non-hydrogen) atoms. The van der Waals surface area contributed by atoms with Crippen molar-refractivity contribution in [3.8, 4) is 5.75 Å². The Hall–Kier alpha value is -2.61. The van der Waals surface area contributed by atoms with Gasteiger partial charge >= 0.3 is 0 Å². The molecule has 3 aromatic rings. The summed E-state index contributed by atoms with van der Waals surface area (Å²) in [7, 11) is 0. The number of pyridine rings is 1. The molecule has 1 aliphatic carbocycles. The van der Waals surface area contributed by atoms with Gasteiger partial charge in [0.05, 0.1) is 5.52 Å². The Morgan fingerprint density at radius 1 is 0.950 bits per heavy atom. The number of nitrogens with zero attached hydrogens (tertiary/aromatic N) is 1. The lowest BCUT2D eigenvalue weighted by molar-refractivity contribution is 0.472. The van der Waals surface area contributed by atoms with Crippen molar-refractivity contribution in [3.63, 3.8) is 0 Å². The van der Waals surface area contributed by atoms with Crippen LogP contribution in [0.4, 0.5) is 0 Å². The smallest absolute Gasteiger partial charge is 0.142 e. The first-order chi connectivity index (χ1) is 9.81. The van der Waals surface area contributed by atoms with E-state index in [1.165, 1.54) is 11.1 Å². The Labute approximate surface area is 117 Å². The summed E-state index contributed by atoms with van der Waals surface area (Å²) in [5.74, 6) is 0.253. The molecule has 2 aromatic carbocycles. The van der Waals surface area contributed by atoms with Crippen LogP contribution in [0.2, 0.25) is 0 Å². The maximum atomic E-state index is 10.2. The van der Waals surface area contributed by atoms with Crippen LogP contribution in [0.5, 0.6) is 5.75 Å². The average molecular weight is 259 g/mol. The van der Waals surface area contributed by atoms with Crippen LogP contribution in [0, 0.1) is 0 Å². The molecule has 0 saturated heterocycles. The number of rotatable bonds is 1. The van der Waals surface area contributed by atoms with Crippen molar-refractivity contribution >= 4 is 22.6 Å². The van der Waals surface area contributed by atoms with Crippen molar-refractivity contribution < 1.29 is 5.11 Å². The monoisotopic (exact) mass is 259 g/mol. The number of benzene rings is 2. The lowest BCUT2D eigenvalue weighted by Gasteiger charge is -2.07. The number of hydrogen-bond acceptors (Lipinski definition) is 2. The van der Waals surface area contributed by atoms with Gasteiger partial charge in [-0.05, 0) is 34.9 Å². The zero-order valence-electron chi connectivity index (χ0n) is 10.9. The van der Waals surface area contributed by atoms with E-state index >= 15 is 0 Å². The highest BCUT2D eigenvalue weighted by Crippen LogP contribution is 2.35. The summed E-state index contributed by atoms with van der Waals surface area (Å²) in [6.07, 6.45) is 2.95. The maximum absolute atomic E-state index is 10.2. The summed E-state index contributed by atoms with van der Waals surface area (Å²) >= 11 is 0. The van der Waals surface area contributed by atoms with Gasteiger partial charge in [0.1, 0.15) is 11.4 Å². The molecule has 96 valence electrons. The lowest BCUT2D eigenvalue weighted by Crippen LogP contribution is -1.92. The third-order valence-corrected chi connectivity index (χ3v) is 3.77. The fourth-order valence-electron chi connectivity index (χ4n) is 2.77. The zero-order valence-corrected chi connectivity index (χ0v) is 10.9. The second-order valence-electron chi connectivity index (χ2n) is 5.09. The Balaban J connectivity index is 1.86. The number of aromatic hydroxyl groups is 1. The highest BCUT2D eigenvalue weighted by Gasteiger charge is 2.17. The summed E-state index contributed by atoms with van der Waals surface area (Å²) in [6.45, 7) is 0. The van der Waals surface area contributed by atoms with Gasteiger partial charge in [0.25, 0.3) is 0 Å². The molecule has 1 aliphatic rings. The predicted octanol–water partition coefficient (Wildman–Crippen LogP) is 4.04. The van der Waals surface area contributed by atoms with Crippen LogP contribution in [-0.2, 0) is 6.42 Å². The molecule has 0 bridgehead atoms. The fourth-order valence-corrected chi connectivity index (χ4v) is 2.77. The van der Waals surface area contributed by atoms with E-state index in [9.17, 15) is 5.11 Å². The molecule has 1 N–H and O–H groups in total. The van der Waals surface area contributed by atoms with Crippen molar-refractivity contribution in [1.82, 2.24) is 4.98 Å². The minimum Gasteiger partial charge on any atom is -0.506 e. The summed E-state index contributed by atoms with van der Waals surface area (Å²) in [6, 6.07) is 17.9. The van der Waals surface area contributed by atoms with Crippen molar-refractivity contribution in [2.24, 2.45) is 0 Å². The molecule has 0 spiro atoms. The summed E-state index contributed by atoms with van der Waals surface area (Å²) in [5, 5.41) is 11.2. The number of aromatic nitrogens is 1. The molecule has 0 unspecified atom stereocenters. The predicted molar refractivity (Wildman–Crippen MR) is 81.4 cm³/mol. The number of hydrogen-bond donors (Lipinski definition) is 1. The molecule has 0 atom stereocenters. The van der Waals surface area contributed by atoms with Gasteiger partial charge in [-0.25, -0.2) is 4.98 Å². The van der Waals surface area contributed by atoms with Gasteiger partial charge in [-0.1, -0.05) is 42.5 Å². The van der Waals surface area contributed by atoms with Crippen LogP contribution in [0.3, 0.4) is 0 Å². The highest BCUT2D eigenvalue weighted by molar-refractivity contribution is 5.92. The molecule has 4 rings (SSSR count). The van der Waals surface area contributed by atoms with E-state index in [2.05, 4.69) is 23.2 Å². The van der Waals surface area contributed by atoms with Crippen LogP contribution in [0.25, 0.3) is 22.6 Å². The highest BCUT2D eigenvalue weighted by atomic mass is 16.3. The Bertz CT molecular complexity index is 849. The van der Waals surface area contributed by atoms with E-state index in [1.807, 2.05) is 36.4 Å². The van der Waals surface area contributed by atoms with E-state index in [0.717, 1.165) is 22.9 Å². The van der Waals surface area contributed by atoms with Crippen molar-refractivity contribution in [3.05, 3.63) is 71.4 Å². The third kappa shape index (κ3) is 1.69. The quantitative estimate of drug-likeness (QED) is 0.715. The summed E-state index contributed by atoms with van der Waals surface area (Å²) in [4.78, 5) is 4.62. The van der Waals surface area contributed by atoms with E-state index in [4.69, 9.17) is 0 Å². The van der Waals surface area contributed by atoms with Gasteiger partial charge in [-0.2, -0.15) is 0 Å². The molecule has 0 aliphatic heterocycles. The number of fused-ring (bicyclic) bond motifs is 2. The average Bonchev–Trinajstić information content (AvgIpc) is 2.90. The maximum Gasteiger partial charge on any atom is 0.142 e. The molecule has 1 heterocycles. The molecular weight excluding hydrogens is 246 g/mol. The van der Waals surface area contributed by atoms with Gasteiger partial charge in [0.2, 0.25) is 0 Å². The van der Waals surface area contributed by atoms with Crippen LogP contribution in [0.1, 0.15) is 16.8 Å². The molecule has 0 saturated carbocycles. The molecule has 0 radical (unpaired) electrons. The van der Waals surface area contributed by atoms with Gasteiger partial charge in [0.15, 0.2) is 0 Å². The standard InChI is InChI=1S/C18H13NO/c20-17-11-14-7-3-4-8-16(14)19-18(17)15-9-12-5-1-2-6-13(12)10-15/h1-9,11,20H,10H2. The summed E-state index contributed by atoms with van der Waals surface area (Å²) in [5.41, 5.74) is 5.19. The van der Waals surface area contributed by atoms with Crippen LogP contribution >= 0.6 is 0 Å². The molecule has 2 nitrogen and oxygen atoms in total. The van der Waals surface area contributed by atoms with E-state index in [-0.39, 0.29) is 5.75 Å². The topological polar surface area (TPSA) is 33.1 Å². The lowest BCUT2D eigenvalue weighted by atomic mass is 10.1. The Morgan fingerprint density at radius 3 is 2.65 bits per heavy atom. The van der Waals surface area contributed by atoms with Gasteiger partial charge < -0.3 is 5.11 Å². The SMILES string of the molecule is Oc1cc2ccccc2nc1C1=Cc2ccccc2C1. The molecule has 2 heteroatoms. The molecule has 0 fully saturated rings. The van der Waals surface area contributed by atoms with Crippen molar-refractivity contribution in [2.75, 3.05) is 0 Å². The Kier molecular flexibility index (Phi) is 2.36. The van der Waals surface area contributed by atoms with Crippen LogP contribution in [0.15, 0.2) is 54.6 Å². The fraction of sp³-hybridized carbons (Fsp3) is 0.0556. The van der Waals surface area contributed by atoms with E-state index in [1.54, 1.807) is 6.07 Å². The van der Waals surface area contributed by atoms with Crippen LogP contribution < -0.4 is 0 Å². The van der Waals surface area contributed by atoms with Gasteiger partial charge in [0, 0.05) is 11.8 Å². The van der Waals surface area contributed by atoms with Crippen molar-refractivity contribution in [2.45, 2.75) is 6.42 Å². The largest absolute Gasteiger partial charge is 0.506 e. The first-order valence-corrected chi connectivity index (χ1v) is 6.69. The third-order valence-electron chi connectivity index (χ3n) is 3.77. The number of allylic oxidation sites excluding steroid dienone is 1. The molecule has 1 aromatic heterocycles. The van der Waals surface area contributed by atoms with Gasteiger partial charge in [-0.15, -0.1) is 0 Å². The zero-order chi connectivity index (χ0) is 13.5. The Morgan fingerprint density at radius 2 is 1.75 bits per heavy atom. The normalized spacial score (nSPS) is 13.3. The van der Waals surface area contributed by atoms with Crippen LogP contribution in [-0.4, -0.2) is 10.1 Å². The molecule has 0 amide bonds. The van der Waals surface area contributed by atoms with E-state index < -0.39 is 0 Å². The minimum atomic E-state index is 0.253. The second-order valence-corrected chi connectivity index (χ2v) is 5.09. The molecular formula is C18H13NO. The minimum absolute atomic E-state index is 0.253.